The number of methoxy groups -OCH3 is 1. The van der Waals surface area contributed by atoms with Crippen LogP contribution < -0.4 is 21.7 Å². The molecule has 0 unspecified atom stereocenters. The van der Waals surface area contributed by atoms with Gasteiger partial charge >= 0.3 is 12.1 Å². The number of fused-ring (bicyclic) bond motifs is 1. The molecule has 0 fully saturated rings. The summed E-state index contributed by atoms with van der Waals surface area (Å²) in [5.74, 6) is 1.88. The molecule has 0 aliphatic heterocycles. The van der Waals surface area contributed by atoms with Crippen LogP contribution in [-0.2, 0) is 11.9 Å². The van der Waals surface area contributed by atoms with Crippen molar-refractivity contribution in [3.05, 3.63) is 58.3 Å². The van der Waals surface area contributed by atoms with Gasteiger partial charge < -0.3 is 17.1 Å². The molecule has 0 spiro atoms. The zero-order chi connectivity index (χ0) is 20.5. The number of allylic oxidation sites excluding steroid dienone is 1. The number of halogens is 4. The molecule has 0 amide bonds. The van der Waals surface area contributed by atoms with Crippen molar-refractivity contribution in [2.45, 2.75) is 32.7 Å². The quantitative estimate of drug-likeness (QED) is 0.615. The number of thioether (sulfide) groups is 1. The third-order valence-corrected chi connectivity index (χ3v) is 5.33. The van der Waals surface area contributed by atoms with Crippen molar-refractivity contribution in [1.29, 1.82) is 0 Å². The highest BCUT2D eigenvalue weighted by Gasteiger charge is 2.32. The van der Waals surface area contributed by atoms with Crippen molar-refractivity contribution >= 4 is 22.8 Å². The molecule has 156 valence electrons. The summed E-state index contributed by atoms with van der Waals surface area (Å²) in [5.41, 5.74) is 3.21. The van der Waals surface area contributed by atoms with Crippen molar-refractivity contribution in [3.8, 4) is 11.7 Å². The van der Waals surface area contributed by atoms with Gasteiger partial charge in [0.05, 0.1) is 24.6 Å². The lowest BCUT2D eigenvalue weighted by Crippen LogP contribution is -3.00. The summed E-state index contributed by atoms with van der Waals surface area (Å²) in [6.45, 7) is 6.01. The number of benzene rings is 1. The van der Waals surface area contributed by atoms with Crippen LogP contribution in [0, 0.1) is 6.92 Å². The SMILES string of the molecule is COc1cc[n+](-c2nc3cc(C(F)(F)F)ccc3[nH]2)c(CSC=C(C)C)c1C.[Cl-]. The van der Waals surface area contributed by atoms with Crippen molar-refractivity contribution < 1.29 is 34.9 Å². The van der Waals surface area contributed by atoms with Crippen LogP contribution in [0.2, 0.25) is 0 Å². The first-order valence-corrected chi connectivity index (χ1v) is 9.66. The molecule has 9 heteroatoms. The van der Waals surface area contributed by atoms with Crippen LogP contribution in [0.15, 0.2) is 41.4 Å². The fourth-order valence-electron chi connectivity index (χ4n) is 2.85. The number of pyridine rings is 1. The molecule has 0 radical (unpaired) electrons. The Balaban J connectivity index is 0.00000300. The van der Waals surface area contributed by atoms with Crippen molar-refractivity contribution in [2.24, 2.45) is 0 Å². The third-order valence-electron chi connectivity index (χ3n) is 4.25. The van der Waals surface area contributed by atoms with Gasteiger partial charge in [0.2, 0.25) is 0 Å². The number of hydrogen-bond donors (Lipinski definition) is 1. The lowest BCUT2D eigenvalue weighted by molar-refractivity contribution is -0.610. The van der Waals surface area contributed by atoms with E-state index in [1.54, 1.807) is 18.9 Å². The first kappa shape index (κ1) is 23.1. The van der Waals surface area contributed by atoms with Crippen LogP contribution in [-0.4, -0.2) is 17.1 Å². The zero-order valence-corrected chi connectivity index (χ0v) is 18.0. The molecule has 2 aromatic heterocycles. The number of alkyl halides is 3. The minimum Gasteiger partial charge on any atom is -1.00 e. The lowest BCUT2D eigenvalue weighted by Gasteiger charge is -2.11. The van der Waals surface area contributed by atoms with E-state index >= 15 is 0 Å². The Hall–Kier alpha value is -2.19. The van der Waals surface area contributed by atoms with E-state index in [1.807, 2.05) is 37.6 Å². The van der Waals surface area contributed by atoms with Gasteiger partial charge in [-0.05, 0) is 44.4 Å². The Kier molecular flexibility index (Phi) is 7.24. The van der Waals surface area contributed by atoms with Crippen molar-refractivity contribution in [1.82, 2.24) is 9.97 Å². The molecule has 0 aliphatic rings. The minimum atomic E-state index is -4.40. The fraction of sp³-hybridized carbons (Fsp3) is 0.300. The summed E-state index contributed by atoms with van der Waals surface area (Å²) in [6.07, 6.45) is -2.59. The Morgan fingerprint density at radius 3 is 2.62 bits per heavy atom. The standard InChI is InChI=1S/C20H21F3N3OS.ClH/c1-12(2)10-28-11-17-13(3)18(27-4)7-8-26(17)19-24-15-6-5-14(20(21,22)23)9-16(15)25-19;/h5-10H,11H2,1-4H3,(H,24,25);1H/q+1;/p-1. The molecule has 29 heavy (non-hydrogen) atoms. The largest absolute Gasteiger partial charge is 1.00 e. The molecule has 0 bridgehead atoms. The number of rotatable bonds is 5. The van der Waals surface area contributed by atoms with Gasteiger partial charge in [-0.15, -0.1) is 11.8 Å². The Bertz CT molecular complexity index is 1040. The molecule has 1 N–H and O–H groups in total. The second-order valence-corrected chi connectivity index (χ2v) is 7.48. The Morgan fingerprint density at radius 1 is 1.28 bits per heavy atom. The van der Waals surface area contributed by atoms with Crippen molar-refractivity contribution in [3.63, 3.8) is 0 Å². The van der Waals surface area contributed by atoms with Gasteiger partial charge in [-0.25, -0.2) is 9.55 Å². The van der Waals surface area contributed by atoms with Gasteiger partial charge in [0, 0.05) is 11.6 Å². The molecule has 0 atom stereocenters. The average Bonchev–Trinajstić information content (AvgIpc) is 3.05. The van der Waals surface area contributed by atoms with Gasteiger partial charge in [-0.2, -0.15) is 13.2 Å². The molecule has 3 rings (SSSR count). The van der Waals surface area contributed by atoms with Crippen LogP contribution in [0.3, 0.4) is 0 Å². The lowest BCUT2D eigenvalue weighted by atomic mass is 10.2. The predicted molar refractivity (Wildman–Crippen MR) is 105 cm³/mol. The van der Waals surface area contributed by atoms with E-state index in [2.05, 4.69) is 15.4 Å². The smallest absolute Gasteiger partial charge is 0.416 e. The maximum atomic E-state index is 13.0. The summed E-state index contributed by atoms with van der Waals surface area (Å²) in [4.78, 5) is 7.51. The van der Waals surface area contributed by atoms with E-state index in [0.29, 0.717) is 17.2 Å². The van der Waals surface area contributed by atoms with Gasteiger partial charge in [-0.1, -0.05) is 10.6 Å². The molecule has 0 saturated heterocycles. The Labute approximate surface area is 177 Å². The minimum absolute atomic E-state index is 0. The first-order valence-electron chi connectivity index (χ1n) is 8.61. The van der Waals surface area contributed by atoms with Crippen LogP contribution in [0.4, 0.5) is 13.2 Å². The highest BCUT2D eigenvalue weighted by molar-refractivity contribution is 8.01. The summed E-state index contributed by atoms with van der Waals surface area (Å²) < 4.78 is 46.2. The molecule has 3 aromatic rings. The topological polar surface area (TPSA) is 41.8 Å². The normalized spacial score (nSPS) is 11.3. The molecule has 0 saturated carbocycles. The van der Waals surface area contributed by atoms with Gasteiger partial charge in [0.15, 0.2) is 5.52 Å². The number of aromatic amines is 1. The summed E-state index contributed by atoms with van der Waals surface area (Å²) in [5, 5.41) is 2.07. The molecule has 4 nitrogen and oxygen atoms in total. The molecule has 1 aromatic carbocycles. The summed E-state index contributed by atoms with van der Waals surface area (Å²) in [6, 6.07) is 5.34. The van der Waals surface area contributed by atoms with Crippen LogP contribution in [0.1, 0.15) is 30.7 Å². The van der Waals surface area contributed by atoms with E-state index in [-0.39, 0.29) is 17.9 Å². The van der Waals surface area contributed by atoms with E-state index in [0.717, 1.165) is 29.1 Å². The van der Waals surface area contributed by atoms with Crippen LogP contribution in [0.25, 0.3) is 17.0 Å². The second-order valence-electron chi connectivity index (χ2n) is 6.62. The maximum Gasteiger partial charge on any atom is 0.416 e. The molecule has 2 heterocycles. The van der Waals surface area contributed by atoms with E-state index in [4.69, 9.17) is 4.74 Å². The fourth-order valence-corrected chi connectivity index (χ4v) is 3.78. The monoisotopic (exact) mass is 443 g/mol. The number of nitrogens with zero attached hydrogens (tertiary/aromatic N) is 2. The average molecular weight is 444 g/mol. The van der Waals surface area contributed by atoms with Gasteiger partial charge in [0.25, 0.3) is 0 Å². The van der Waals surface area contributed by atoms with Gasteiger partial charge in [0.1, 0.15) is 17.0 Å². The third kappa shape index (κ3) is 5.05. The second kappa shape index (κ2) is 9.09. The highest BCUT2D eigenvalue weighted by atomic mass is 35.5. The number of hydrogen-bond acceptors (Lipinski definition) is 3. The maximum absolute atomic E-state index is 13.0. The van der Waals surface area contributed by atoms with Crippen LogP contribution >= 0.6 is 11.8 Å². The highest BCUT2D eigenvalue weighted by Crippen LogP contribution is 2.31. The summed E-state index contributed by atoms with van der Waals surface area (Å²) in [7, 11) is 1.61. The number of H-pyrrole nitrogens is 1. The predicted octanol–water partition coefficient (Wildman–Crippen LogP) is 2.34. The number of ether oxygens (including phenoxy) is 1. The number of aromatic nitrogens is 3. The molecular formula is C20H21ClF3N3OS. The van der Waals surface area contributed by atoms with Crippen LogP contribution in [0.5, 0.6) is 5.75 Å². The van der Waals surface area contributed by atoms with E-state index in [9.17, 15) is 13.2 Å². The van der Waals surface area contributed by atoms with Crippen molar-refractivity contribution in [2.75, 3.05) is 7.11 Å². The molecule has 0 aliphatic carbocycles. The Morgan fingerprint density at radius 2 is 2.00 bits per heavy atom. The number of imidazole rings is 1. The number of nitrogens with one attached hydrogen (secondary N) is 1. The molecular weight excluding hydrogens is 423 g/mol. The first-order chi connectivity index (χ1) is 13.2. The van der Waals surface area contributed by atoms with Gasteiger partial charge in [-0.3, -0.25) is 0 Å². The summed E-state index contributed by atoms with van der Waals surface area (Å²) >= 11 is 1.64. The van der Waals surface area contributed by atoms with E-state index in [1.165, 1.54) is 11.6 Å². The zero-order valence-electron chi connectivity index (χ0n) is 16.4. The van der Waals surface area contributed by atoms with E-state index < -0.39 is 11.7 Å².